The van der Waals surface area contributed by atoms with Crippen LogP contribution in [0.15, 0.2) is 18.2 Å². The first-order valence-corrected chi connectivity index (χ1v) is 5.58. The molecule has 0 aliphatic carbocycles. The Morgan fingerprint density at radius 2 is 2.00 bits per heavy atom. The summed E-state index contributed by atoms with van der Waals surface area (Å²) in [6.07, 6.45) is 0. The first kappa shape index (κ1) is 13.5. The maximum absolute atomic E-state index is 11.9. The van der Waals surface area contributed by atoms with Crippen molar-refractivity contribution in [1.82, 2.24) is 0 Å². The van der Waals surface area contributed by atoms with E-state index in [-0.39, 0.29) is 17.1 Å². The van der Waals surface area contributed by atoms with Crippen LogP contribution < -0.4 is 11.1 Å². The zero-order valence-electron chi connectivity index (χ0n) is 10.7. The Bertz CT molecular complexity index is 422. The topological polar surface area (TPSA) is 75.4 Å². The summed E-state index contributed by atoms with van der Waals surface area (Å²) in [7, 11) is 0. The highest BCUT2D eigenvalue weighted by Crippen LogP contribution is 2.27. The average Bonchev–Trinajstić information content (AvgIpc) is 2.22. The van der Waals surface area contributed by atoms with Crippen LogP contribution in [0.2, 0.25) is 0 Å². The third-order valence-electron chi connectivity index (χ3n) is 2.71. The molecule has 94 valence electrons. The van der Waals surface area contributed by atoms with E-state index >= 15 is 0 Å². The Hall–Kier alpha value is -1.55. The lowest BCUT2D eigenvalue weighted by Crippen LogP contribution is -2.45. The standard InChI is InChI=1S/C13H20N2O2/c1-8-6-5-7-9(10(8)16)15-12(17)11(14)13(2,3)4/h5-7,11,16H,14H2,1-4H3,(H,15,17)/t11-/m1/s1. The molecular weight excluding hydrogens is 216 g/mol. The molecule has 0 heterocycles. The van der Waals surface area contributed by atoms with E-state index in [1.54, 1.807) is 25.1 Å². The van der Waals surface area contributed by atoms with Gasteiger partial charge in [-0.25, -0.2) is 0 Å². The lowest BCUT2D eigenvalue weighted by atomic mass is 9.87. The molecule has 0 fully saturated rings. The molecule has 17 heavy (non-hydrogen) atoms. The number of carbonyl (C=O) groups excluding carboxylic acids is 1. The molecule has 1 aromatic rings. The van der Waals surface area contributed by atoms with Crippen molar-refractivity contribution in [2.24, 2.45) is 11.1 Å². The van der Waals surface area contributed by atoms with Crippen molar-refractivity contribution in [3.8, 4) is 5.75 Å². The number of rotatable bonds is 2. The van der Waals surface area contributed by atoms with Gasteiger partial charge >= 0.3 is 0 Å². The Kier molecular flexibility index (Phi) is 3.78. The van der Waals surface area contributed by atoms with Gasteiger partial charge in [0.05, 0.1) is 11.7 Å². The molecule has 0 saturated heterocycles. The molecule has 4 heteroatoms. The molecule has 0 spiro atoms. The highest BCUT2D eigenvalue weighted by molar-refractivity contribution is 5.96. The molecule has 0 saturated carbocycles. The molecule has 0 unspecified atom stereocenters. The van der Waals surface area contributed by atoms with Crippen molar-refractivity contribution in [3.63, 3.8) is 0 Å². The van der Waals surface area contributed by atoms with Crippen LogP contribution in [0.25, 0.3) is 0 Å². The Morgan fingerprint density at radius 3 is 2.53 bits per heavy atom. The van der Waals surface area contributed by atoms with Crippen molar-refractivity contribution < 1.29 is 9.90 Å². The van der Waals surface area contributed by atoms with E-state index in [1.165, 1.54) is 0 Å². The van der Waals surface area contributed by atoms with Crippen LogP contribution in [0.4, 0.5) is 5.69 Å². The lowest BCUT2D eigenvalue weighted by Gasteiger charge is -2.26. The van der Waals surface area contributed by atoms with E-state index in [9.17, 15) is 9.90 Å². The van der Waals surface area contributed by atoms with E-state index < -0.39 is 6.04 Å². The van der Waals surface area contributed by atoms with Gasteiger partial charge in [-0.1, -0.05) is 32.9 Å². The first-order chi connectivity index (χ1) is 7.73. The van der Waals surface area contributed by atoms with Gasteiger partial charge in [-0.2, -0.15) is 0 Å². The highest BCUT2D eigenvalue weighted by atomic mass is 16.3. The maximum Gasteiger partial charge on any atom is 0.241 e. The average molecular weight is 236 g/mol. The molecule has 1 rings (SSSR count). The van der Waals surface area contributed by atoms with Gasteiger partial charge in [-0.3, -0.25) is 4.79 Å². The van der Waals surface area contributed by atoms with Crippen LogP contribution in [0, 0.1) is 12.3 Å². The predicted octanol–water partition coefficient (Wildman–Crippen LogP) is 2.01. The quantitative estimate of drug-likeness (QED) is 0.687. The van der Waals surface area contributed by atoms with E-state index in [1.807, 2.05) is 20.8 Å². The molecule has 1 aromatic carbocycles. The highest BCUT2D eigenvalue weighted by Gasteiger charge is 2.27. The van der Waals surface area contributed by atoms with Crippen molar-refractivity contribution in [1.29, 1.82) is 0 Å². The van der Waals surface area contributed by atoms with Crippen molar-refractivity contribution in [3.05, 3.63) is 23.8 Å². The molecule has 0 bridgehead atoms. The van der Waals surface area contributed by atoms with Gasteiger partial charge in [-0.05, 0) is 24.0 Å². The summed E-state index contributed by atoms with van der Waals surface area (Å²) in [5.41, 5.74) is 6.63. The van der Waals surface area contributed by atoms with E-state index in [0.29, 0.717) is 11.3 Å². The summed E-state index contributed by atoms with van der Waals surface area (Å²) in [6.45, 7) is 7.46. The first-order valence-electron chi connectivity index (χ1n) is 5.58. The minimum absolute atomic E-state index is 0.0851. The Balaban J connectivity index is 2.86. The van der Waals surface area contributed by atoms with Crippen LogP contribution in [-0.4, -0.2) is 17.1 Å². The van der Waals surface area contributed by atoms with Crippen LogP contribution >= 0.6 is 0 Å². The number of anilines is 1. The summed E-state index contributed by atoms with van der Waals surface area (Å²) in [5.74, 6) is -0.208. The molecule has 1 amide bonds. The van der Waals surface area contributed by atoms with Gasteiger partial charge in [0.15, 0.2) is 0 Å². The number of benzene rings is 1. The summed E-state index contributed by atoms with van der Waals surface area (Å²) < 4.78 is 0. The summed E-state index contributed by atoms with van der Waals surface area (Å²) in [5, 5.41) is 12.4. The largest absolute Gasteiger partial charge is 0.505 e. The fourth-order valence-corrected chi connectivity index (χ4v) is 1.36. The van der Waals surface area contributed by atoms with Gasteiger partial charge in [0.1, 0.15) is 5.75 Å². The second-order valence-electron chi connectivity index (χ2n) is 5.30. The normalized spacial score (nSPS) is 13.2. The molecule has 0 aliphatic rings. The number of hydrogen-bond acceptors (Lipinski definition) is 3. The van der Waals surface area contributed by atoms with Gasteiger partial charge in [0, 0.05) is 0 Å². The number of phenols is 1. The molecule has 1 atom stereocenters. The minimum Gasteiger partial charge on any atom is -0.505 e. The lowest BCUT2D eigenvalue weighted by molar-refractivity contribution is -0.119. The van der Waals surface area contributed by atoms with Crippen molar-refractivity contribution >= 4 is 11.6 Å². The van der Waals surface area contributed by atoms with Crippen LogP contribution in [0.1, 0.15) is 26.3 Å². The van der Waals surface area contributed by atoms with E-state index in [0.717, 1.165) is 0 Å². The zero-order valence-corrected chi connectivity index (χ0v) is 10.7. The summed E-state index contributed by atoms with van der Waals surface area (Å²) >= 11 is 0. The molecule has 4 N–H and O–H groups in total. The van der Waals surface area contributed by atoms with Crippen molar-refractivity contribution in [2.75, 3.05) is 5.32 Å². The predicted molar refractivity (Wildman–Crippen MR) is 68.9 cm³/mol. The molecule has 4 nitrogen and oxygen atoms in total. The number of hydrogen-bond donors (Lipinski definition) is 3. The molecule has 0 aliphatic heterocycles. The number of aryl methyl sites for hydroxylation is 1. The molecule has 0 radical (unpaired) electrons. The molecule has 0 aromatic heterocycles. The maximum atomic E-state index is 11.9. The number of amides is 1. The number of phenolic OH excluding ortho intramolecular Hbond substituents is 1. The van der Waals surface area contributed by atoms with Crippen LogP contribution in [0.3, 0.4) is 0 Å². The number of aromatic hydroxyl groups is 1. The second-order valence-corrected chi connectivity index (χ2v) is 5.30. The minimum atomic E-state index is -0.623. The fourth-order valence-electron chi connectivity index (χ4n) is 1.36. The van der Waals surface area contributed by atoms with Gasteiger partial charge in [0.25, 0.3) is 0 Å². The second kappa shape index (κ2) is 4.75. The smallest absolute Gasteiger partial charge is 0.241 e. The Morgan fingerprint density at radius 1 is 1.41 bits per heavy atom. The zero-order chi connectivity index (χ0) is 13.2. The summed E-state index contributed by atoms with van der Waals surface area (Å²) in [4.78, 5) is 11.9. The number of nitrogens with one attached hydrogen (secondary N) is 1. The third-order valence-corrected chi connectivity index (χ3v) is 2.71. The van der Waals surface area contributed by atoms with Crippen LogP contribution in [0.5, 0.6) is 5.75 Å². The van der Waals surface area contributed by atoms with Gasteiger partial charge in [-0.15, -0.1) is 0 Å². The van der Waals surface area contributed by atoms with E-state index in [4.69, 9.17) is 5.73 Å². The third kappa shape index (κ3) is 3.20. The van der Waals surface area contributed by atoms with Gasteiger partial charge < -0.3 is 16.2 Å². The van der Waals surface area contributed by atoms with Crippen molar-refractivity contribution in [2.45, 2.75) is 33.7 Å². The SMILES string of the molecule is Cc1cccc(NC(=O)[C@@H](N)C(C)(C)C)c1O. The fraction of sp³-hybridized carbons (Fsp3) is 0.462. The molecular formula is C13H20N2O2. The Labute approximate surface area is 102 Å². The van der Waals surface area contributed by atoms with Crippen LogP contribution in [-0.2, 0) is 4.79 Å². The van der Waals surface area contributed by atoms with Gasteiger partial charge in [0.2, 0.25) is 5.91 Å². The number of carbonyl (C=O) groups is 1. The number of nitrogens with two attached hydrogens (primary N) is 1. The summed E-state index contributed by atoms with van der Waals surface area (Å²) in [6, 6.07) is 4.57. The number of para-hydroxylation sites is 1. The monoisotopic (exact) mass is 236 g/mol. The van der Waals surface area contributed by atoms with E-state index in [2.05, 4.69) is 5.32 Å².